The van der Waals surface area contributed by atoms with Crippen molar-refractivity contribution in [2.75, 3.05) is 13.2 Å². The van der Waals surface area contributed by atoms with E-state index in [9.17, 15) is 9.59 Å². The van der Waals surface area contributed by atoms with Crippen LogP contribution >= 0.6 is 0 Å². The van der Waals surface area contributed by atoms with Gasteiger partial charge in [0.25, 0.3) is 0 Å². The van der Waals surface area contributed by atoms with Crippen LogP contribution in [0.1, 0.15) is 39.5 Å². The molecular formula is C11H21NO4. The van der Waals surface area contributed by atoms with E-state index in [0.29, 0.717) is 26.0 Å². The molecule has 0 spiro atoms. The van der Waals surface area contributed by atoms with Gasteiger partial charge in [-0.3, -0.25) is 4.79 Å². The Hall–Kier alpha value is -1.26. The topological polar surface area (TPSA) is 75.6 Å². The maximum Gasteiger partial charge on any atom is 0.407 e. The van der Waals surface area contributed by atoms with Crippen molar-refractivity contribution in [1.82, 2.24) is 5.32 Å². The number of nitrogens with one attached hydrogen (secondary N) is 1. The van der Waals surface area contributed by atoms with Gasteiger partial charge in [0, 0.05) is 6.54 Å². The van der Waals surface area contributed by atoms with Crippen LogP contribution in [0, 0.1) is 5.92 Å². The van der Waals surface area contributed by atoms with Gasteiger partial charge in [-0.1, -0.05) is 20.3 Å². The molecule has 16 heavy (non-hydrogen) atoms. The molecule has 0 radical (unpaired) electrons. The number of hydrogen-bond acceptors (Lipinski definition) is 3. The number of carboxylic acids is 1. The van der Waals surface area contributed by atoms with Crippen molar-refractivity contribution in [2.24, 2.45) is 5.92 Å². The second-order valence-corrected chi connectivity index (χ2v) is 3.80. The summed E-state index contributed by atoms with van der Waals surface area (Å²) in [5.74, 6) is -1.16. The quantitative estimate of drug-likeness (QED) is 0.626. The Morgan fingerprint density at radius 2 is 2.06 bits per heavy atom. The standard InChI is InChI=1S/C11H21NO4/c1-3-4-8-16-11(15)12-7-5-6-9(2)10(13)14/h9H,3-8H2,1-2H3,(H,12,15)(H,13,14). The molecule has 0 rings (SSSR count). The number of aliphatic carboxylic acids is 1. The van der Waals surface area contributed by atoms with E-state index in [4.69, 9.17) is 9.84 Å². The van der Waals surface area contributed by atoms with Crippen molar-refractivity contribution >= 4 is 12.1 Å². The van der Waals surface area contributed by atoms with Crippen molar-refractivity contribution in [1.29, 1.82) is 0 Å². The molecule has 0 saturated heterocycles. The van der Waals surface area contributed by atoms with E-state index in [2.05, 4.69) is 5.32 Å². The lowest BCUT2D eigenvalue weighted by atomic mass is 10.1. The van der Waals surface area contributed by atoms with Crippen LogP contribution < -0.4 is 5.32 Å². The van der Waals surface area contributed by atoms with Gasteiger partial charge in [0.05, 0.1) is 12.5 Å². The molecule has 0 fully saturated rings. The zero-order chi connectivity index (χ0) is 12.4. The summed E-state index contributed by atoms with van der Waals surface area (Å²) < 4.78 is 4.87. The molecule has 1 unspecified atom stereocenters. The molecule has 5 heteroatoms. The van der Waals surface area contributed by atoms with Crippen molar-refractivity contribution in [3.05, 3.63) is 0 Å². The van der Waals surface area contributed by atoms with Crippen LogP contribution in [0.3, 0.4) is 0 Å². The second kappa shape index (κ2) is 9.00. The van der Waals surface area contributed by atoms with E-state index in [-0.39, 0.29) is 5.92 Å². The molecule has 5 nitrogen and oxygen atoms in total. The molecule has 0 bridgehead atoms. The van der Waals surface area contributed by atoms with Crippen LogP contribution in [-0.2, 0) is 9.53 Å². The van der Waals surface area contributed by atoms with Crippen LogP contribution in [0.4, 0.5) is 4.79 Å². The Bertz CT molecular complexity index is 218. The third-order valence-electron chi connectivity index (χ3n) is 2.24. The third kappa shape index (κ3) is 8.08. The van der Waals surface area contributed by atoms with E-state index in [1.165, 1.54) is 0 Å². The molecule has 2 N–H and O–H groups in total. The van der Waals surface area contributed by atoms with Gasteiger partial charge in [0.15, 0.2) is 0 Å². The number of ether oxygens (including phenoxy) is 1. The molecule has 0 aromatic carbocycles. The molecule has 94 valence electrons. The van der Waals surface area contributed by atoms with Gasteiger partial charge in [0.1, 0.15) is 0 Å². The summed E-state index contributed by atoms with van der Waals surface area (Å²) in [7, 11) is 0. The summed E-state index contributed by atoms with van der Waals surface area (Å²) in [6, 6.07) is 0. The maximum absolute atomic E-state index is 11.0. The molecule has 1 amide bonds. The molecule has 1 atom stereocenters. The first-order valence-electron chi connectivity index (χ1n) is 5.71. The van der Waals surface area contributed by atoms with Crippen molar-refractivity contribution in [2.45, 2.75) is 39.5 Å². The minimum Gasteiger partial charge on any atom is -0.481 e. The van der Waals surface area contributed by atoms with E-state index >= 15 is 0 Å². The Kier molecular flexibility index (Phi) is 8.29. The molecule has 0 heterocycles. The van der Waals surface area contributed by atoms with Crippen LogP contribution in [0.2, 0.25) is 0 Å². The number of unbranched alkanes of at least 4 members (excludes halogenated alkanes) is 1. The largest absolute Gasteiger partial charge is 0.481 e. The molecule has 0 aliphatic carbocycles. The third-order valence-corrected chi connectivity index (χ3v) is 2.24. The van der Waals surface area contributed by atoms with E-state index in [1.54, 1.807) is 6.92 Å². The number of amides is 1. The summed E-state index contributed by atoms with van der Waals surface area (Å²) in [6.07, 6.45) is 2.64. The zero-order valence-electron chi connectivity index (χ0n) is 9.99. The Morgan fingerprint density at radius 1 is 1.38 bits per heavy atom. The average molecular weight is 231 g/mol. The highest BCUT2D eigenvalue weighted by atomic mass is 16.5. The average Bonchev–Trinajstić information content (AvgIpc) is 2.24. The Labute approximate surface area is 96.2 Å². The van der Waals surface area contributed by atoms with Crippen molar-refractivity contribution in [3.8, 4) is 0 Å². The molecule has 0 aliphatic rings. The van der Waals surface area contributed by atoms with Gasteiger partial charge in [-0.2, -0.15) is 0 Å². The molecule has 0 aromatic rings. The number of carboxylic acid groups (broad SMARTS) is 1. The van der Waals surface area contributed by atoms with Crippen molar-refractivity contribution in [3.63, 3.8) is 0 Å². The first-order chi connectivity index (χ1) is 7.57. The van der Waals surface area contributed by atoms with Gasteiger partial charge >= 0.3 is 12.1 Å². The SMILES string of the molecule is CCCCOC(=O)NCCCC(C)C(=O)O. The molecule has 0 saturated carbocycles. The number of alkyl carbamates (subject to hydrolysis) is 1. The van der Waals surface area contributed by atoms with Crippen LogP contribution in [0.15, 0.2) is 0 Å². The summed E-state index contributed by atoms with van der Waals surface area (Å²) >= 11 is 0. The fraction of sp³-hybridized carbons (Fsp3) is 0.818. The first-order valence-corrected chi connectivity index (χ1v) is 5.71. The highest BCUT2D eigenvalue weighted by Crippen LogP contribution is 2.04. The first kappa shape index (κ1) is 14.7. The normalized spacial score (nSPS) is 11.9. The smallest absolute Gasteiger partial charge is 0.407 e. The van der Waals surface area contributed by atoms with Gasteiger partial charge in [-0.15, -0.1) is 0 Å². The lowest BCUT2D eigenvalue weighted by Gasteiger charge is -2.07. The van der Waals surface area contributed by atoms with Crippen LogP contribution in [0.5, 0.6) is 0 Å². The van der Waals surface area contributed by atoms with E-state index in [0.717, 1.165) is 12.8 Å². The Balaban J connectivity index is 3.37. The fourth-order valence-electron chi connectivity index (χ4n) is 1.08. The molecule has 0 aliphatic heterocycles. The second-order valence-electron chi connectivity index (χ2n) is 3.80. The van der Waals surface area contributed by atoms with Gasteiger partial charge in [-0.25, -0.2) is 4.79 Å². The van der Waals surface area contributed by atoms with Crippen LogP contribution in [0.25, 0.3) is 0 Å². The minimum atomic E-state index is -0.800. The van der Waals surface area contributed by atoms with Crippen LogP contribution in [-0.4, -0.2) is 30.3 Å². The zero-order valence-corrected chi connectivity index (χ0v) is 9.99. The van der Waals surface area contributed by atoms with Gasteiger partial charge in [0.2, 0.25) is 0 Å². The van der Waals surface area contributed by atoms with E-state index < -0.39 is 12.1 Å². The lowest BCUT2D eigenvalue weighted by Crippen LogP contribution is -2.26. The predicted molar refractivity (Wildman–Crippen MR) is 60.3 cm³/mol. The van der Waals surface area contributed by atoms with E-state index in [1.807, 2.05) is 6.92 Å². The Morgan fingerprint density at radius 3 is 2.62 bits per heavy atom. The fourth-order valence-corrected chi connectivity index (χ4v) is 1.08. The number of carbonyl (C=O) groups is 2. The van der Waals surface area contributed by atoms with Gasteiger partial charge < -0.3 is 15.2 Å². The predicted octanol–water partition coefficient (Wildman–Crippen LogP) is 2.01. The van der Waals surface area contributed by atoms with Crippen molar-refractivity contribution < 1.29 is 19.4 Å². The monoisotopic (exact) mass is 231 g/mol. The number of carbonyl (C=O) groups excluding carboxylic acids is 1. The summed E-state index contributed by atoms with van der Waals surface area (Å²) in [4.78, 5) is 21.5. The summed E-state index contributed by atoms with van der Waals surface area (Å²) in [5, 5.41) is 11.2. The molecule has 0 aromatic heterocycles. The summed E-state index contributed by atoms with van der Waals surface area (Å²) in [6.45, 7) is 4.58. The lowest BCUT2D eigenvalue weighted by molar-refractivity contribution is -0.141. The highest BCUT2D eigenvalue weighted by Gasteiger charge is 2.10. The molecular weight excluding hydrogens is 210 g/mol. The highest BCUT2D eigenvalue weighted by molar-refractivity contribution is 5.69. The maximum atomic E-state index is 11.0. The number of hydrogen-bond donors (Lipinski definition) is 2. The number of rotatable bonds is 8. The minimum absolute atomic E-state index is 0.363. The van der Waals surface area contributed by atoms with Gasteiger partial charge in [-0.05, 0) is 19.3 Å². The summed E-state index contributed by atoms with van der Waals surface area (Å²) in [5.41, 5.74) is 0.